The van der Waals surface area contributed by atoms with Crippen LogP contribution in [0.4, 0.5) is 14.5 Å². The van der Waals surface area contributed by atoms with E-state index in [1.165, 1.54) is 24.3 Å². The minimum atomic E-state index is -3.57. The Morgan fingerprint density at radius 1 is 1.25 bits per heavy atom. The van der Waals surface area contributed by atoms with Crippen LogP contribution in [0.2, 0.25) is 0 Å². The molecular formula is C12H19F2N3O2S. The molecule has 20 heavy (non-hydrogen) atoms. The summed E-state index contributed by atoms with van der Waals surface area (Å²) in [6.45, 7) is 2.08. The average Bonchev–Trinajstić information content (AvgIpc) is 2.35. The van der Waals surface area contributed by atoms with Gasteiger partial charge in [-0.3, -0.25) is 0 Å². The Labute approximate surface area is 117 Å². The van der Waals surface area contributed by atoms with Gasteiger partial charge in [0, 0.05) is 11.7 Å². The van der Waals surface area contributed by atoms with Gasteiger partial charge in [-0.2, -0.15) is 0 Å². The molecule has 1 rings (SSSR count). The fourth-order valence-corrected chi connectivity index (χ4v) is 2.68. The van der Waals surface area contributed by atoms with Crippen LogP contribution in [-0.2, 0) is 10.0 Å². The largest absolute Gasteiger partial charge is 0.379 e. The van der Waals surface area contributed by atoms with Gasteiger partial charge in [0.2, 0.25) is 10.0 Å². The quantitative estimate of drug-likeness (QED) is 0.710. The molecule has 4 N–H and O–H groups in total. The first-order chi connectivity index (χ1) is 9.16. The number of rotatable bonds is 7. The zero-order chi connectivity index (χ0) is 15.4. The second-order valence-corrected chi connectivity index (χ2v) is 6.43. The minimum Gasteiger partial charge on any atom is -0.379 e. The number of alkyl halides is 2. The van der Waals surface area contributed by atoms with Gasteiger partial charge in [0.15, 0.2) is 0 Å². The Hall–Kier alpha value is -1.25. The third-order valence-corrected chi connectivity index (χ3v) is 4.08. The van der Waals surface area contributed by atoms with Gasteiger partial charge in [0.05, 0.1) is 18.0 Å². The maximum Gasteiger partial charge on any atom is 0.276 e. The molecule has 8 heteroatoms. The molecule has 0 radical (unpaired) electrons. The van der Waals surface area contributed by atoms with Crippen LogP contribution in [0.3, 0.4) is 0 Å². The van der Waals surface area contributed by atoms with Crippen LogP contribution in [0.25, 0.3) is 0 Å². The molecule has 0 aliphatic heterocycles. The second kappa shape index (κ2) is 6.47. The first-order valence-corrected chi connectivity index (χ1v) is 7.59. The third-order valence-electron chi connectivity index (χ3n) is 2.41. The van der Waals surface area contributed by atoms with Crippen molar-refractivity contribution in [3.05, 3.63) is 24.3 Å². The highest BCUT2D eigenvalue weighted by molar-refractivity contribution is 7.89. The van der Waals surface area contributed by atoms with Crippen molar-refractivity contribution in [2.24, 2.45) is 5.73 Å². The predicted octanol–water partition coefficient (Wildman–Crippen LogP) is 1.38. The molecule has 0 spiro atoms. The van der Waals surface area contributed by atoms with E-state index in [0.717, 1.165) is 0 Å². The SMILES string of the molecule is CC(C)NS(=O)(=O)c1ccc(NCC(F)(F)CN)cc1. The number of nitrogens with one attached hydrogen (secondary N) is 2. The number of sulfonamides is 1. The standard InChI is InChI=1S/C12H19F2N3O2S/c1-9(2)17-20(18,19)11-5-3-10(4-6-11)16-8-12(13,14)7-15/h3-6,9,16-17H,7-8,15H2,1-2H3. The Morgan fingerprint density at radius 2 is 1.80 bits per heavy atom. The first kappa shape index (κ1) is 16.8. The van der Waals surface area contributed by atoms with E-state index < -0.39 is 29.0 Å². The number of halogens is 2. The normalized spacial score (nSPS) is 12.7. The molecule has 0 aliphatic carbocycles. The summed E-state index contributed by atoms with van der Waals surface area (Å²) in [5.41, 5.74) is 5.32. The van der Waals surface area contributed by atoms with E-state index in [1.54, 1.807) is 13.8 Å². The summed E-state index contributed by atoms with van der Waals surface area (Å²) in [5, 5.41) is 2.51. The number of anilines is 1. The summed E-state index contributed by atoms with van der Waals surface area (Å²) in [6, 6.07) is 5.35. The zero-order valence-corrected chi connectivity index (χ0v) is 12.2. The number of hydrogen-bond acceptors (Lipinski definition) is 4. The fraction of sp³-hybridized carbons (Fsp3) is 0.500. The number of nitrogens with two attached hydrogens (primary N) is 1. The van der Waals surface area contributed by atoms with E-state index in [4.69, 9.17) is 5.73 Å². The van der Waals surface area contributed by atoms with Crippen LogP contribution < -0.4 is 15.8 Å². The van der Waals surface area contributed by atoms with E-state index >= 15 is 0 Å². The summed E-state index contributed by atoms with van der Waals surface area (Å²) in [4.78, 5) is 0.0855. The molecule has 0 aliphatic rings. The predicted molar refractivity (Wildman–Crippen MR) is 74.4 cm³/mol. The topological polar surface area (TPSA) is 84.2 Å². The Balaban J connectivity index is 2.75. The van der Waals surface area contributed by atoms with Gasteiger partial charge in [0.25, 0.3) is 5.92 Å². The summed E-state index contributed by atoms with van der Waals surface area (Å²) in [6.07, 6.45) is 0. The van der Waals surface area contributed by atoms with Gasteiger partial charge in [0.1, 0.15) is 0 Å². The maximum atomic E-state index is 13.0. The van der Waals surface area contributed by atoms with E-state index in [-0.39, 0.29) is 10.9 Å². The highest BCUT2D eigenvalue weighted by atomic mass is 32.2. The summed E-state index contributed by atoms with van der Waals surface area (Å²) in [5.74, 6) is -3.00. The minimum absolute atomic E-state index is 0.0855. The van der Waals surface area contributed by atoms with Gasteiger partial charge in [-0.1, -0.05) is 0 Å². The van der Waals surface area contributed by atoms with Gasteiger partial charge in [-0.25, -0.2) is 21.9 Å². The Kier molecular flexibility index (Phi) is 5.43. The lowest BCUT2D eigenvalue weighted by Crippen LogP contribution is -2.35. The van der Waals surface area contributed by atoms with E-state index in [0.29, 0.717) is 5.69 Å². The van der Waals surface area contributed by atoms with Gasteiger partial charge in [-0.05, 0) is 38.1 Å². The molecule has 0 atom stereocenters. The lowest BCUT2D eigenvalue weighted by molar-refractivity contribution is 0.0254. The molecule has 0 amide bonds. The summed E-state index contributed by atoms with van der Waals surface area (Å²) >= 11 is 0. The summed E-state index contributed by atoms with van der Waals surface area (Å²) < 4.78 is 52.0. The van der Waals surface area contributed by atoms with E-state index in [2.05, 4.69) is 10.0 Å². The summed E-state index contributed by atoms with van der Waals surface area (Å²) in [7, 11) is -3.57. The lowest BCUT2D eigenvalue weighted by Gasteiger charge is -2.15. The highest BCUT2D eigenvalue weighted by Crippen LogP contribution is 2.17. The molecule has 5 nitrogen and oxygen atoms in total. The second-order valence-electron chi connectivity index (χ2n) is 4.71. The molecule has 0 unspecified atom stereocenters. The molecule has 0 aromatic heterocycles. The van der Waals surface area contributed by atoms with Crippen molar-refractivity contribution in [3.63, 3.8) is 0 Å². The van der Waals surface area contributed by atoms with Crippen molar-refractivity contribution in [1.82, 2.24) is 4.72 Å². The fourth-order valence-electron chi connectivity index (χ4n) is 1.43. The van der Waals surface area contributed by atoms with Gasteiger partial charge >= 0.3 is 0 Å². The van der Waals surface area contributed by atoms with Crippen LogP contribution in [0.1, 0.15) is 13.8 Å². The maximum absolute atomic E-state index is 13.0. The third kappa shape index (κ3) is 5.03. The van der Waals surface area contributed by atoms with Crippen molar-refractivity contribution < 1.29 is 17.2 Å². The van der Waals surface area contributed by atoms with Crippen LogP contribution in [0.15, 0.2) is 29.2 Å². The molecule has 1 aromatic rings. The zero-order valence-electron chi connectivity index (χ0n) is 11.4. The van der Waals surface area contributed by atoms with Crippen LogP contribution in [-0.4, -0.2) is 33.5 Å². The van der Waals surface area contributed by atoms with Crippen LogP contribution >= 0.6 is 0 Å². The molecule has 1 aromatic carbocycles. The van der Waals surface area contributed by atoms with Crippen LogP contribution in [0.5, 0.6) is 0 Å². The molecule has 114 valence electrons. The lowest BCUT2D eigenvalue weighted by atomic mass is 10.3. The monoisotopic (exact) mass is 307 g/mol. The molecule has 0 saturated carbocycles. The highest BCUT2D eigenvalue weighted by Gasteiger charge is 2.26. The molecular weight excluding hydrogens is 288 g/mol. The average molecular weight is 307 g/mol. The van der Waals surface area contributed by atoms with Crippen molar-refractivity contribution >= 4 is 15.7 Å². The Morgan fingerprint density at radius 3 is 2.25 bits per heavy atom. The first-order valence-electron chi connectivity index (χ1n) is 6.10. The number of benzene rings is 1. The van der Waals surface area contributed by atoms with Gasteiger partial charge < -0.3 is 11.1 Å². The molecule has 0 heterocycles. The smallest absolute Gasteiger partial charge is 0.276 e. The van der Waals surface area contributed by atoms with Gasteiger partial charge in [-0.15, -0.1) is 0 Å². The van der Waals surface area contributed by atoms with Crippen molar-refractivity contribution in [1.29, 1.82) is 0 Å². The van der Waals surface area contributed by atoms with Crippen molar-refractivity contribution in [2.75, 3.05) is 18.4 Å². The Bertz CT molecular complexity index is 530. The molecule has 0 saturated heterocycles. The molecule has 0 bridgehead atoms. The molecule has 0 fully saturated rings. The van der Waals surface area contributed by atoms with E-state index in [1.807, 2.05) is 0 Å². The number of hydrogen-bond donors (Lipinski definition) is 3. The van der Waals surface area contributed by atoms with Crippen molar-refractivity contribution in [3.8, 4) is 0 Å². The van der Waals surface area contributed by atoms with E-state index in [9.17, 15) is 17.2 Å². The van der Waals surface area contributed by atoms with Crippen molar-refractivity contribution in [2.45, 2.75) is 30.7 Å². The van der Waals surface area contributed by atoms with Crippen LogP contribution in [0, 0.1) is 0 Å².